The van der Waals surface area contributed by atoms with Crippen LogP contribution in [0.4, 0.5) is 0 Å². The molecule has 0 radical (unpaired) electrons. The lowest BCUT2D eigenvalue weighted by Crippen LogP contribution is -2.07. The molecule has 0 aliphatic rings. The van der Waals surface area contributed by atoms with Gasteiger partial charge in [0.05, 0.1) is 16.7 Å². The fraction of sp³-hybridized carbons (Fsp3) is 0.125. The fourth-order valence-electron chi connectivity index (χ4n) is 2.96. The highest BCUT2D eigenvalue weighted by Gasteiger charge is 2.20. The van der Waals surface area contributed by atoms with Crippen LogP contribution in [0.3, 0.4) is 0 Å². The molecule has 0 heterocycles. The number of carboxylic acid groups (broad SMARTS) is 1. The molecular formula is C24H20Cl2O4S. The Morgan fingerprint density at radius 1 is 1.00 bits per heavy atom. The van der Waals surface area contributed by atoms with E-state index in [1.807, 2.05) is 30.3 Å². The van der Waals surface area contributed by atoms with E-state index in [1.54, 1.807) is 36.4 Å². The van der Waals surface area contributed by atoms with Gasteiger partial charge in [-0.25, -0.2) is 4.79 Å². The zero-order valence-electron chi connectivity index (χ0n) is 16.5. The van der Waals surface area contributed by atoms with E-state index in [1.165, 1.54) is 6.08 Å². The molecule has 0 bridgehead atoms. The third-order valence-corrected chi connectivity index (χ3v) is 6.76. The van der Waals surface area contributed by atoms with Crippen molar-refractivity contribution >= 4 is 46.4 Å². The highest BCUT2D eigenvalue weighted by Crippen LogP contribution is 2.32. The number of benzene rings is 3. The second kappa shape index (κ2) is 11.3. The number of halogens is 2. The summed E-state index contributed by atoms with van der Waals surface area (Å²) in [6.45, 7) is 0.443. The minimum absolute atomic E-state index is 0.182. The molecule has 1 N–H and O–H groups in total. The third-order valence-electron chi connectivity index (χ3n) is 4.42. The fourth-order valence-corrected chi connectivity index (χ4v) is 5.07. The maximum Gasteiger partial charge on any atom is 0.328 e. The van der Waals surface area contributed by atoms with Crippen molar-refractivity contribution in [1.82, 2.24) is 0 Å². The first-order valence-electron chi connectivity index (χ1n) is 9.47. The molecule has 0 saturated carbocycles. The Balaban J connectivity index is 1.77. The van der Waals surface area contributed by atoms with Gasteiger partial charge in [0, 0.05) is 23.6 Å². The van der Waals surface area contributed by atoms with Gasteiger partial charge in [-0.15, -0.1) is 0 Å². The Morgan fingerprint density at radius 3 is 2.39 bits per heavy atom. The summed E-state index contributed by atoms with van der Waals surface area (Å²) >= 11 is 10.9. The van der Waals surface area contributed by atoms with Crippen molar-refractivity contribution in [2.75, 3.05) is 6.61 Å². The second-order valence-corrected chi connectivity index (χ2v) is 8.87. The van der Waals surface area contributed by atoms with E-state index in [-0.39, 0.29) is 5.75 Å². The molecule has 0 aliphatic carbocycles. The van der Waals surface area contributed by atoms with Gasteiger partial charge in [-0.2, -0.15) is 0 Å². The highest BCUT2D eigenvalue weighted by atomic mass is 35.5. The molecule has 0 aromatic heterocycles. The van der Waals surface area contributed by atoms with Gasteiger partial charge < -0.3 is 14.4 Å². The van der Waals surface area contributed by atoms with Crippen LogP contribution in [0.1, 0.15) is 16.7 Å². The zero-order valence-corrected chi connectivity index (χ0v) is 18.8. The van der Waals surface area contributed by atoms with Crippen LogP contribution in [0.15, 0.2) is 77.7 Å². The van der Waals surface area contributed by atoms with Crippen LogP contribution in [0.2, 0.25) is 10.0 Å². The van der Waals surface area contributed by atoms with Crippen LogP contribution in [0.25, 0.3) is 6.08 Å². The molecule has 0 spiro atoms. The van der Waals surface area contributed by atoms with Gasteiger partial charge in [0.2, 0.25) is 0 Å². The van der Waals surface area contributed by atoms with Crippen LogP contribution in [-0.4, -0.2) is 22.2 Å². The molecule has 0 aliphatic heterocycles. The number of hydrogen-bond donors (Lipinski definition) is 1. The average Bonchev–Trinajstić information content (AvgIpc) is 2.74. The first-order chi connectivity index (χ1) is 14.9. The first-order valence-corrected chi connectivity index (χ1v) is 11.5. The van der Waals surface area contributed by atoms with Crippen LogP contribution >= 0.6 is 23.2 Å². The van der Waals surface area contributed by atoms with Gasteiger partial charge in [0.15, 0.2) is 4.90 Å². The lowest BCUT2D eigenvalue weighted by atomic mass is 10.1. The number of carbonyl (C=O) groups is 1. The molecule has 4 nitrogen and oxygen atoms in total. The standard InChI is InChI=1S/C24H20Cl2O4S/c25-20-7-4-8-21(26)24(20)31(29)16-18-9-11-22(19(15-18)10-12-23(27)28)30-14-13-17-5-2-1-3-6-17/h1-12,15H,13-14,16H2,(H,27,28). The summed E-state index contributed by atoms with van der Waals surface area (Å²) in [6, 6.07) is 20.2. The van der Waals surface area contributed by atoms with Crippen LogP contribution in [0.5, 0.6) is 5.75 Å². The van der Waals surface area contributed by atoms with E-state index in [0.717, 1.165) is 23.6 Å². The van der Waals surface area contributed by atoms with E-state index in [2.05, 4.69) is 0 Å². The Labute approximate surface area is 194 Å². The molecule has 0 amide bonds. The van der Waals surface area contributed by atoms with E-state index >= 15 is 0 Å². The molecule has 3 aromatic rings. The van der Waals surface area contributed by atoms with Gasteiger partial charge in [-0.05, 0) is 47.1 Å². The summed E-state index contributed by atoms with van der Waals surface area (Å²) in [5, 5.41) is 9.70. The summed E-state index contributed by atoms with van der Waals surface area (Å²) in [5.74, 6) is -0.326. The van der Waals surface area contributed by atoms with Gasteiger partial charge in [-0.3, -0.25) is 0 Å². The predicted octanol–water partition coefficient (Wildman–Crippen LogP) is 6.02. The second-order valence-electron chi connectivity index (χ2n) is 6.67. The third kappa shape index (κ3) is 6.77. The Kier molecular flexibility index (Phi) is 8.43. The zero-order chi connectivity index (χ0) is 22.2. The largest absolute Gasteiger partial charge is 0.611 e. The van der Waals surface area contributed by atoms with Crippen LogP contribution in [-0.2, 0) is 28.1 Å². The monoisotopic (exact) mass is 474 g/mol. The van der Waals surface area contributed by atoms with Crippen molar-refractivity contribution in [3.8, 4) is 5.75 Å². The van der Waals surface area contributed by atoms with Gasteiger partial charge in [-0.1, -0.05) is 65.7 Å². The normalized spacial score (nSPS) is 12.1. The van der Waals surface area contributed by atoms with Crippen molar-refractivity contribution < 1.29 is 19.2 Å². The summed E-state index contributed by atoms with van der Waals surface area (Å²) in [7, 11) is 0. The predicted molar refractivity (Wildman–Crippen MR) is 125 cm³/mol. The van der Waals surface area contributed by atoms with E-state index in [9.17, 15) is 9.35 Å². The molecule has 0 saturated heterocycles. The minimum Gasteiger partial charge on any atom is -0.611 e. The lowest BCUT2D eigenvalue weighted by molar-refractivity contribution is -0.131. The molecule has 0 fully saturated rings. The van der Waals surface area contributed by atoms with Crippen molar-refractivity contribution in [2.24, 2.45) is 0 Å². The number of aliphatic carboxylic acids is 1. The number of ether oxygens (including phenoxy) is 1. The summed E-state index contributed by atoms with van der Waals surface area (Å²) < 4.78 is 18.7. The molecule has 3 rings (SSSR count). The summed E-state index contributed by atoms with van der Waals surface area (Å²) in [5.41, 5.74) is 2.48. The average molecular weight is 475 g/mol. The van der Waals surface area contributed by atoms with Crippen molar-refractivity contribution in [3.63, 3.8) is 0 Å². The molecule has 1 atom stereocenters. The summed E-state index contributed by atoms with van der Waals surface area (Å²) in [6.07, 6.45) is 3.24. The van der Waals surface area contributed by atoms with E-state index < -0.39 is 17.1 Å². The quantitative estimate of drug-likeness (QED) is 0.304. The molecule has 7 heteroatoms. The van der Waals surface area contributed by atoms with Gasteiger partial charge in [0.25, 0.3) is 0 Å². The number of rotatable bonds is 9. The Morgan fingerprint density at radius 2 is 1.71 bits per heavy atom. The topological polar surface area (TPSA) is 69.6 Å². The van der Waals surface area contributed by atoms with E-state index in [0.29, 0.717) is 32.9 Å². The van der Waals surface area contributed by atoms with Crippen molar-refractivity contribution in [3.05, 3.63) is 99.5 Å². The highest BCUT2D eigenvalue weighted by molar-refractivity contribution is 7.90. The molecule has 160 valence electrons. The smallest absolute Gasteiger partial charge is 0.328 e. The molecule has 3 aromatic carbocycles. The maximum atomic E-state index is 12.8. The molecule has 31 heavy (non-hydrogen) atoms. The van der Waals surface area contributed by atoms with Crippen molar-refractivity contribution in [2.45, 2.75) is 17.1 Å². The molecule has 1 unspecified atom stereocenters. The molecular weight excluding hydrogens is 455 g/mol. The maximum absolute atomic E-state index is 12.8. The SMILES string of the molecule is O=C(O)C=Cc1cc(C[S+]([O-])c2c(Cl)cccc2Cl)ccc1OCCc1ccccc1. The van der Waals surface area contributed by atoms with Gasteiger partial charge >= 0.3 is 5.97 Å². The van der Waals surface area contributed by atoms with Gasteiger partial charge in [0.1, 0.15) is 11.5 Å². The summed E-state index contributed by atoms with van der Waals surface area (Å²) in [4.78, 5) is 11.4. The Bertz CT molecular complexity index is 1050. The number of hydrogen-bond acceptors (Lipinski definition) is 3. The first kappa shape index (κ1) is 23.2. The minimum atomic E-state index is -1.46. The van der Waals surface area contributed by atoms with Crippen molar-refractivity contribution in [1.29, 1.82) is 0 Å². The van der Waals surface area contributed by atoms with Crippen LogP contribution in [0, 0.1) is 0 Å². The lowest BCUT2D eigenvalue weighted by Gasteiger charge is -2.15. The van der Waals surface area contributed by atoms with Crippen LogP contribution < -0.4 is 4.74 Å². The number of carboxylic acids is 1. The van der Waals surface area contributed by atoms with E-state index in [4.69, 9.17) is 33.0 Å². The Hall–Kier alpha value is -2.44.